The van der Waals surface area contributed by atoms with Crippen molar-refractivity contribution < 1.29 is 40.1 Å². The second kappa shape index (κ2) is 16.6. The van der Waals surface area contributed by atoms with Crippen LogP contribution in [0.5, 0.6) is 46.0 Å². The lowest BCUT2D eigenvalue weighted by Crippen LogP contribution is -2.05. The number of rotatable bonds is 12. The molecule has 0 fully saturated rings. The Kier molecular flexibility index (Phi) is 10.6. The molecule has 8 rings (SSSR count). The summed E-state index contributed by atoms with van der Waals surface area (Å²) < 4.78 is 11.8. The summed E-state index contributed by atoms with van der Waals surface area (Å²) in [5.74, 6) is 1.29. The summed E-state index contributed by atoms with van der Waals surface area (Å²) >= 11 is 0. The summed E-state index contributed by atoms with van der Waals surface area (Å²) in [5.41, 5.74) is 4.87. The fourth-order valence-electron chi connectivity index (χ4n) is 6.67. The van der Waals surface area contributed by atoms with Gasteiger partial charge in [0.25, 0.3) is 0 Å². The van der Waals surface area contributed by atoms with E-state index in [0.29, 0.717) is 68.0 Å². The van der Waals surface area contributed by atoms with Crippen molar-refractivity contribution in [2.24, 2.45) is 0 Å². The van der Waals surface area contributed by atoms with E-state index in [1.807, 2.05) is 42.5 Å². The third kappa shape index (κ3) is 8.25. The van der Waals surface area contributed by atoms with Crippen LogP contribution in [0.3, 0.4) is 0 Å². The van der Waals surface area contributed by atoms with Gasteiger partial charge in [-0.05, 0) is 95.6 Å². The Balaban J connectivity index is 0.945. The lowest BCUT2D eigenvalue weighted by atomic mass is 9.92. The van der Waals surface area contributed by atoms with Gasteiger partial charge < -0.3 is 40.1 Å². The van der Waals surface area contributed by atoms with Crippen molar-refractivity contribution in [1.29, 1.82) is 0 Å². The van der Waals surface area contributed by atoms with Gasteiger partial charge in [-0.2, -0.15) is 0 Å². The van der Waals surface area contributed by atoms with Crippen molar-refractivity contribution in [3.63, 3.8) is 0 Å². The van der Waals surface area contributed by atoms with Crippen LogP contribution in [0.2, 0.25) is 0 Å². The highest BCUT2D eigenvalue weighted by molar-refractivity contribution is 5.86. The normalized spacial score (nSPS) is 11.0. The monoisotopic (exact) mass is 783 g/mol. The molecule has 1 heterocycles. The number of phenolic OH excluding ortho intramolecular Hbond substituents is 6. The average Bonchev–Trinajstić information content (AvgIpc) is 3.24. The van der Waals surface area contributed by atoms with Gasteiger partial charge in [-0.15, -0.1) is 0 Å². The first-order valence-electron chi connectivity index (χ1n) is 18.7. The van der Waals surface area contributed by atoms with E-state index < -0.39 is 0 Å². The second-order valence-electron chi connectivity index (χ2n) is 13.6. The van der Waals surface area contributed by atoms with E-state index in [2.05, 4.69) is 15.0 Å². The number of benzene rings is 7. The van der Waals surface area contributed by atoms with Gasteiger partial charge in [0, 0.05) is 35.2 Å². The highest BCUT2D eigenvalue weighted by Crippen LogP contribution is 2.41. The molecule has 1 aromatic heterocycles. The molecular weight excluding hydrogens is 747 g/mol. The van der Waals surface area contributed by atoms with Crippen LogP contribution in [0, 0.1) is 0 Å². The van der Waals surface area contributed by atoms with Gasteiger partial charge in [0.15, 0.2) is 17.5 Å². The summed E-state index contributed by atoms with van der Waals surface area (Å²) in [6.45, 7) is 0.538. The van der Waals surface area contributed by atoms with Crippen LogP contribution in [0.15, 0.2) is 152 Å². The van der Waals surface area contributed by atoms with Crippen molar-refractivity contribution >= 4 is 0 Å². The zero-order chi connectivity index (χ0) is 40.9. The first-order chi connectivity index (χ1) is 28.7. The summed E-state index contributed by atoms with van der Waals surface area (Å²) in [6, 6.07) is 42.6. The molecule has 0 aliphatic carbocycles. The highest BCUT2D eigenvalue weighted by atomic mass is 16.5. The molecule has 0 amide bonds. The molecule has 8 aromatic rings. The van der Waals surface area contributed by atoms with Crippen molar-refractivity contribution in [1.82, 2.24) is 15.0 Å². The van der Waals surface area contributed by atoms with Gasteiger partial charge in [-0.1, -0.05) is 60.7 Å². The largest absolute Gasteiger partial charge is 0.507 e. The summed E-state index contributed by atoms with van der Waals surface area (Å²) in [6.07, 6.45) is 0.485. The van der Waals surface area contributed by atoms with Gasteiger partial charge in [-0.25, -0.2) is 15.0 Å². The van der Waals surface area contributed by atoms with Gasteiger partial charge in [0.2, 0.25) is 0 Å². The van der Waals surface area contributed by atoms with Gasteiger partial charge in [0.05, 0.1) is 29.9 Å². The standard InChI is InChI=1S/C48H37N3O8/c52-40-14-5-1-10-34(40)29-24-30(35-11-2-6-15-41(35)53)26-31(25-29)36-20-18-32(27-44(36)56)58-22-9-23-59-33-19-21-39(45(57)28-33)48-50-46(37-12-3-7-16-42(37)54)49-47(51-48)38-13-4-8-17-43(38)55/h1-8,10-21,24-28,52-57H,9,22-23H2. The van der Waals surface area contributed by atoms with Crippen LogP contribution in [0.25, 0.3) is 67.5 Å². The quantitative estimate of drug-likeness (QED) is 0.0650. The zero-order valence-electron chi connectivity index (χ0n) is 31.4. The Labute approximate surface area is 339 Å². The van der Waals surface area contributed by atoms with Crippen LogP contribution in [0.4, 0.5) is 0 Å². The molecule has 0 atom stereocenters. The predicted octanol–water partition coefficient (Wildman–Crippen LogP) is 9.96. The fraction of sp³-hybridized carbons (Fsp3) is 0.0625. The van der Waals surface area contributed by atoms with Crippen LogP contribution < -0.4 is 9.47 Å². The first kappa shape index (κ1) is 37.9. The Morgan fingerprint density at radius 3 is 0.983 bits per heavy atom. The van der Waals surface area contributed by atoms with Crippen LogP contribution in [-0.2, 0) is 0 Å². The topological polar surface area (TPSA) is 179 Å². The minimum Gasteiger partial charge on any atom is -0.507 e. The van der Waals surface area contributed by atoms with E-state index in [-0.39, 0.29) is 65.2 Å². The van der Waals surface area contributed by atoms with Crippen molar-refractivity contribution in [3.8, 4) is 114 Å². The fourth-order valence-corrected chi connectivity index (χ4v) is 6.67. The van der Waals surface area contributed by atoms with Crippen LogP contribution >= 0.6 is 0 Å². The number of ether oxygens (including phenoxy) is 2. The van der Waals surface area contributed by atoms with E-state index in [4.69, 9.17) is 9.47 Å². The van der Waals surface area contributed by atoms with Crippen LogP contribution in [-0.4, -0.2) is 58.8 Å². The molecule has 0 unspecified atom stereocenters. The minimum atomic E-state index is -0.147. The highest BCUT2D eigenvalue weighted by Gasteiger charge is 2.19. The smallest absolute Gasteiger partial charge is 0.167 e. The third-order valence-electron chi connectivity index (χ3n) is 9.60. The molecule has 0 saturated carbocycles. The van der Waals surface area contributed by atoms with Gasteiger partial charge in [0.1, 0.15) is 46.0 Å². The molecule has 6 N–H and O–H groups in total. The Hall–Kier alpha value is -8.05. The van der Waals surface area contributed by atoms with Crippen molar-refractivity contribution in [2.45, 2.75) is 6.42 Å². The van der Waals surface area contributed by atoms with E-state index in [9.17, 15) is 30.6 Å². The zero-order valence-corrected chi connectivity index (χ0v) is 31.4. The third-order valence-corrected chi connectivity index (χ3v) is 9.60. The molecule has 0 saturated heterocycles. The second-order valence-corrected chi connectivity index (χ2v) is 13.6. The van der Waals surface area contributed by atoms with Gasteiger partial charge >= 0.3 is 0 Å². The van der Waals surface area contributed by atoms with E-state index in [1.165, 1.54) is 24.3 Å². The first-order valence-corrected chi connectivity index (χ1v) is 18.7. The number of aromatic hydroxyl groups is 6. The summed E-state index contributed by atoms with van der Waals surface area (Å²) in [4.78, 5) is 13.6. The van der Waals surface area contributed by atoms with Gasteiger partial charge in [-0.3, -0.25) is 0 Å². The maximum absolute atomic E-state index is 11.2. The van der Waals surface area contributed by atoms with Crippen molar-refractivity contribution in [3.05, 3.63) is 152 Å². The molecule has 11 heteroatoms. The molecule has 7 aromatic carbocycles. The number of hydrogen-bond donors (Lipinski definition) is 6. The Morgan fingerprint density at radius 1 is 0.322 bits per heavy atom. The molecule has 0 radical (unpaired) electrons. The molecule has 0 spiro atoms. The number of aromatic nitrogens is 3. The maximum Gasteiger partial charge on any atom is 0.167 e. The molecule has 0 aliphatic rings. The maximum atomic E-state index is 11.2. The summed E-state index contributed by atoms with van der Waals surface area (Å²) in [7, 11) is 0. The van der Waals surface area contributed by atoms with Crippen LogP contribution in [0.1, 0.15) is 6.42 Å². The summed E-state index contributed by atoms with van der Waals surface area (Å²) in [5, 5.41) is 64.6. The SMILES string of the molecule is Oc1ccccc1-c1cc(-c2ccccc2O)cc(-c2ccc(OCCCOc3ccc(-c4nc(-c5ccccc5O)nc(-c5ccccc5O)n4)c(O)c3)cc2O)c1. The molecule has 292 valence electrons. The van der Waals surface area contributed by atoms with E-state index in [1.54, 1.807) is 84.9 Å². The predicted molar refractivity (Wildman–Crippen MR) is 224 cm³/mol. The average molecular weight is 784 g/mol. The number of para-hydroxylation sites is 4. The van der Waals surface area contributed by atoms with Crippen molar-refractivity contribution in [2.75, 3.05) is 13.2 Å². The van der Waals surface area contributed by atoms with E-state index in [0.717, 1.165) is 0 Å². The molecule has 59 heavy (non-hydrogen) atoms. The minimum absolute atomic E-state index is 0.00876. The number of nitrogens with zero attached hydrogens (tertiary/aromatic N) is 3. The lowest BCUT2D eigenvalue weighted by molar-refractivity contribution is 0.246. The lowest BCUT2D eigenvalue weighted by Gasteiger charge is -2.14. The number of phenols is 6. The number of hydrogen-bond acceptors (Lipinski definition) is 11. The molecule has 11 nitrogen and oxygen atoms in total. The molecule has 0 bridgehead atoms. The molecular formula is C48H37N3O8. The Morgan fingerprint density at radius 2 is 0.627 bits per heavy atom. The molecule has 0 aliphatic heterocycles. The Bertz CT molecular complexity index is 2490. The van der Waals surface area contributed by atoms with E-state index >= 15 is 0 Å².